The number of carbonyl (C=O) groups is 1. The van der Waals surface area contributed by atoms with Crippen LogP contribution in [0, 0.1) is 0 Å². The first-order chi connectivity index (χ1) is 11.6. The molecule has 2 aromatic heterocycles. The van der Waals surface area contributed by atoms with Gasteiger partial charge in [-0.3, -0.25) is 14.2 Å². The van der Waals surface area contributed by atoms with Gasteiger partial charge in [0.1, 0.15) is 6.54 Å². The molecule has 1 aromatic carbocycles. The van der Waals surface area contributed by atoms with Crippen molar-refractivity contribution in [3.63, 3.8) is 0 Å². The molecule has 6 heteroatoms. The van der Waals surface area contributed by atoms with Crippen LogP contribution in [0.2, 0.25) is 0 Å². The first kappa shape index (κ1) is 16.1. The molecule has 0 fully saturated rings. The Hall–Kier alpha value is -2.73. The molecule has 5 nitrogen and oxygen atoms in total. The van der Waals surface area contributed by atoms with E-state index < -0.39 is 0 Å². The Morgan fingerprint density at radius 1 is 1.25 bits per heavy atom. The van der Waals surface area contributed by atoms with Gasteiger partial charge in [0.05, 0.1) is 22.9 Å². The second-order valence-corrected chi connectivity index (χ2v) is 6.37. The van der Waals surface area contributed by atoms with Crippen molar-refractivity contribution in [2.24, 2.45) is 0 Å². The van der Waals surface area contributed by atoms with E-state index in [1.165, 1.54) is 28.3 Å². The number of amides is 1. The van der Waals surface area contributed by atoms with Crippen molar-refractivity contribution < 1.29 is 4.79 Å². The molecule has 0 saturated heterocycles. The average Bonchev–Trinajstić information content (AvgIpc) is 3.12. The van der Waals surface area contributed by atoms with Gasteiger partial charge in [0.15, 0.2) is 0 Å². The van der Waals surface area contributed by atoms with Crippen LogP contribution in [-0.4, -0.2) is 15.5 Å². The largest absolute Gasteiger partial charge is 0.348 e. The van der Waals surface area contributed by atoms with Crippen LogP contribution in [0.5, 0.6) is 0 Å². The van der Waals surface area contributed by atoms with E-state index in [1.54, 1.807) is 0 Å². The fourth-order valence-electron chi connectivity index (χ4n) is 2.37. The highest BCUT2D eigenvalue weighted by atomic mass is 32.1. The lowest BCUT2D eigenvalue weighted by Gasteiger charge is -2.14. The summed E-state index contributed by atoms with van der Waals surface area (Å²) in [6, 6.07) is 14.8. The smallest absolute Gasteiger partial charge is 0.254 e. The van der Waals surface area contributed by atoms with E-state index >= 15 is 0 Å². The lowest BCUT2D eigenvalue weighted by molar-refractivity contribution is -0.122. The Bertz CT molecular complexity index is 873. The Kier molecular flexibility index (Phi) is 4.86. The van der Waals surface area contributed by atoms with Crippen LogP contribution in [0.1, 0.15) is 18.5 Å². The number of hydrogen-bond donors (Lipinski definition) is 1. The van der Waals surface area contributed by atoms with Gasteiger partial charge < -0.3 is 5.32 Å². The first-order valence-corrected chi connectivity index (χ1v) is 8.46. The second kappa shape index (κ2) is 7.23. The molecular weight excluding hydrogens is 322 g/mol. The third-order valence-corrected chi connectivity index (χ3v) is 4.54. The van der Waals surface area contributed by atoms with E-state index in [1.807, 2.05) is 54.8 Å². The molecule has 1 atom stereocenters. The maximum atomic E-state index is 12.2. The van der Waals surface area contributed by atoms with Crippen LogP contribution < -0.4 is 10.9 Å². The minimum atomic E-state index is -0.240. The van der Waals surface area contributed by atoms with Crippen molar-refractivity contribution in [1.29, 1.82) is 0 Å². The summed E-state index contributed by atoms with van der Waals surface area (Å²) in [7, 11) is 0. The maximum Gasteiger partial charge on any atom is 0.254 e. The number of aromatic nitrogens is 2. The zero-order valence-corrected chi connectivity index (χ0v) is 14.0. The fourth-order valence-corrected chi connectivity index (χ4v) is 3.06. The Balaban J connectivity index is 1.67. The zero-order chi connectivity index (χ0) is 16.9. The fraction of sp³-hybridized carbons (Fsp3) is 0.167. The van der Waals surface area contributed by atoms with Crippen LogP contribution >= 0.6 is 11.3 Å². The standard InChI is InChI=1S/C18H17N3O2S/c1-13(14-6-3-2-4-7-14)20-17(22)11-21-12-19-15(10-18(21)23)16-8-5-9-24-16/h2-10,12-13H,11H2,1H3,(H,20,22). The lowest BCUT2D eigenvalue weighted by atomic mass is 10.1. The van der Waals surface area contributed by atoms with E-state index in [2.05, 4.69) is 10.3 Å². The van der Waals surface area contributed by atoms with Gasteiger partial charge >= 0.3 is 0 Å². The van der Waals surface area contributed by atoms with Gasteiger partial charge in [-0.05, 0) is 23.9 Å². The van der Waals surface area contributed by atoms with Gasteiger partial charge in [-0.25, -0.2) is 4.98 Å². The van der Waals surface area contributed by atoms with Crippen LogP contribution in [0.4, 0.5) is 0 Å². The van der Waals surface area contributed by atoms with Gasteiger partial charge in [-0.1, -0.05) is 36.4 Å². The van der Waals surface area contributed by atoms with Crippen molar-refractivity contribution in [2.45, 2.75) is 19.5 Å². The third-order valence-electron chi connectivity index (χ3n) is 3.64. The predicted molar refractivity (Wildman–Crippen MR) is 94.8 cm³/mol. The van der Waals surface area contributed by atoms with Gasteiger partial charge in [0, 0.05) is 6.07 Å². The summed E-state index contributed by atoms with van der Waals surface area (Å²) in [4.78, 5) is 29.5. The molecule has 1 amide bonds. The van der Waals surface area contributed by atoms with Gasteiger partial charge in [0.25, 0.3) is 5.56 Å². The highest BCUT2D eigenvalue weighted by Gasteiger charge is 2.11. The summed E-state index contributed by atoms with van der Waals surface area (Å²) in [6.07, 6.45) is 1.42. The number of nitrogens with zero attached hydrogens (tertiary/aromatic N) is 2. The van der Waals surface area contributed by atoms with Crippen LogP contribution in [0.15, 0.2) is 65.0 Å². The molecule has 0 bridgehead atoms. The number of hydrogen-bond acceptors (Lipinski definition) is 4. The number of carbonyl (C=O) groups excluding carboxylic acids is 1. The molecule has 24 heavy (non-hydrogen) atoms. The molecule has 0 saturated carbocycles. The summed E-state index contributed by atoms with van der Waals surface area (Å²) in [5.74, 6) is -0.223. The zero-order valence-electron chi connectivity index (χ0n) is 13.2. The molecular formula is C18H17N3O2S. The van der Waals surface area contributed by atoms with Gasteiger partial charge in [-0.2, -0.15) is 0 Å². The molecule has 2 heterocycles. The van der Waals surface area contributed by atoms with E-state index in [9.17, 15) is 9.59 Å². The van der Waals surface area contributed by atoms with Crippen molar-refractivity contribution in [3.8, 4) is 10.6 Å². The summed E-state index contributed by atoms with van der Waals surface area (Å²) in [6.45, 7) is 1.86. The monoisotopic (exact) mass is 339 g/mol. The topological polar surface area (TPSA) is 64.0 Å². The first-order valence-electron chi connectivity index (χ1n) is 7.58. The number of benzene rings is 1. The molecule has 0 spiro atoms. The van der Waals surface area contributed by atoms with Crippen LogP contribution in [-0.2, 0) is 11.3 Å². The minimum Gasteiger partial charge on any atom is -0.348 e. The van der Waals surface area contributed by atoms with Gasteiger partial charge in [0.2, 0.25) is 5.91 Å². The van der Waals surface area contributed by atoms with E-state index in [4.69, 9.17) is 0 Å². The van der Waals surface area contributed by atoms with E-state index in [-0.39, 0.29) is 24.1 Å². The third kappa shape index (κ3) is 3.78. The highest BCUT2D eigenvalue weighted by Crippen LogP contribution is 2.20. The van der Waals surface area contributed by atoms with Crippen molar-refractivity contribution >= 4 is 17.2 Å². The average molecular weight is 339 g/mol. The summed E-state index contributed by atoms with van der Waals surface area (Å²) in [5, 5.41) is 4.82. The molecule has 0 aliphatic rings. The van der Waals surface area contributed by atoms with Crippen LogP contribution in [0.25, 0.3) is 10.6 Å². The maximum absolute atomic E-state index is 12.2. The Labute approximate surface area is 143 Å². The molecule has 3 aromatic rings. The summed E-state index contributed by atoms with van der Waals surface area (Å²) >= 11 is 1.52. The number of rotatable bonds is 5. The van der Waals surface area contributed by atoms with Crippen molar-refractivity contribution in [2.75, 3.05) is 0 Å². The van der Waals surface area contributed by atoms with E-state index in [0.717, 1.165) is 10.4 Å². The molecule has 1 N–H and O–H groups in total. The number of nitrogens with one attached hydrogen (secondary N) is 1. The van der Waals surface area contributed by atoms with Crippen molar-refractivity contribution in [1.82, 2.24) is 14.9 Å². The van der Waals surface area contributed by atoms with E-state index in [0.29, 0.717) is 5.69 Å². The quantitative estimate of drug-likeness (QED) is 0.777. The molecule has 0 aliphatic heterocycles. The van der Waals surface area contributed by atoms with Gasteiger partial charge in [-0.15, -0.1) is 11.3 Å². The second-order valence-electron chi connectivity index (χ2n) is 5.42. The Morgan fingerprint density at radius 3 is 2.71 bits per heavy atom. The molecule has 0 radical (unpaired) electrons. The molecule has 3 rings (SSSR count). The predicted octanol–water partition coefficient (Wildman–Crippen LogP) is 2.85. The summed E-state index contributed by atoms with van der Waals surface area (Å²) in [5.41, 5.74) is 1.41. The van der Waals surface area contributed by atoms with Crippen LogP contribution in [0.3, 0.4) is 0 Å². The van der Waals surface area contributed by atoms with Crippen molar-refractivity contribution in [3.05, 3.63) is 76.2 Å². The highest BCUT2D eigenvalue weighted by molar-refractivity contribution is 7.13. The SMILES string of the molecule is CC(NC(=O)Cn1cnc(-c2cccs2)cc1=O)c1ccccc1. The summed E-state index contributed by atoms with van der Waals surface area (Å²) < 4.78 is 1.31. The number of thiophene rings is 1. The molecule has 0 aliphatic carbocycles. The molecule has 1 unspecified atom stereocenters. The lowest BCUT2D eigenvalue weighted by Crippen LogP contribution is -2.33. The normalized spacial score (nSPS) is 11.9. The Morgan fingerprint density at radius 2 is 2.04 bits per heavy atom. The minimum absolute atomic E-state index is 0.0479. The molecule has 122 valence electrons.